The molecule has 8 heteroatoms. The molecule has 1 aromatic heterocycles. The molecule has 6 rings (SSSR count). The van der Waals surface area contributed by atoms with Gasteiger partial charge in [-0.2, -0.15) is 9.78 Å². The highest BCUT2D eigenvalue weighted by atomic mass is 16.5. The lowest BCUT2D eigenvalue weighted by molar-refractivity contribution is 0.170. The van der Waals surface area contributed by atoms with Crippen LogP contribution in [0.1, 0.15) is 55.7 Å². The second kappa shape index (κ2) is 9.48. The monoisotopic (exact) mass is 487 g/mol. The minimum atomic E-state index is -0.573. The van der Waals surface area contributed by atoms with Crippen LogP contribution in [-0.2, 0) is 11.2 Å². The van der Waals surface area contributed by atoms with Crippen LogP contribution in [0.25, 0.3) is 10.9 Å². The highest BCUT2D eigenvalue weighted by Gasteiger charge is 2.32. The highest BCUT2D eigenvalue weighted by molar-refractivity contribution is 6.02. The molecule has 0 spiro atoms. The molecule has 2 aliphatic carbocycles. The SMILES string of the molecule is COC(=O)n1ncc2c(NC(=O)NC3CCc4cc(N5CC[C@@H]6CCCC[C@@H]6C5)ccc43)cccc21. The third-order valence-electron chi connectivity index (χ3n) is 8.38. The molecule has 188 valence electrons. The maximum Gasteiger partial charge on any atom is 0.434 e. The maximum atomic E-state index is 12.9. The third-order valence-corrected chi connectivity index (χ3v) is 8.38. The van der Waals surface area contributed by atoms with Crippen molar-refractivity contribution in [2.24, 2.45) is 11.8 Å². The lowest BCUT2D eigenvalue weighted by Crippen LogP contribution is -2.41. The summed E-state index contributed by atoms with van der Waals surface area (Å²) in [6.07, 6.45) is 9.76. The predicted octanol–water partition coefficient (Wildman–Crippen LogP) is 5.48. The summed E-state index contributed by atoms with van der Waals surface area (Å²) >= 11 is 0. The Balaban J connectivity index is 1.13. The van der Waals surface area contributed by atoms with E-state index in [2.05, 4.69) is 38.8 Å². The number of urea groups is 1. The molecular formula is C28H33N5O3. The number of aryl methyl sites for hydroxylation is 1. The van der Waals surface area contributed by atoms with Gasteiger partial charge < -0.3 is 20.3 Å². The fourth-order valence-electron chi connectivity index (χ4n) is 6.49. The summed E-state index contributed by atoms with van der Waals surface area (Å²) in [6, 6.07) is 11.9. The van der Waals surface area contributed by atoms with Gasteiger partial charge in [0.25, 0.3) is 0 Å². The maximum absolute atomic E-state index is 12.9. The van der Waals surface area contributed by atoms with E-state index in [9.17, 15) is 9.59 Å². The number of carbonyl (C=O) groups is 2. The summed E-state index contributed by atoms with van der Waals surface area (Å²) in [6.45, 7) is 2.34. The van der Waals surface area contributed by atoms with Crippen molar-refractivity contribution in [1.29, 1.82) is 0 Å². The van der Waals surface area contributed by atoms with E-state index in [-0.39, 0.29) is 12.1 Å². The summed E-state index contributed by atoms with van der Waals surface area (Å²) < 4.78 is 5.96. The van der Waals surface area contributed by atoms with Crippen molar-refractivity contribution in [1.82, 2.24) is 15.1 Å². The van der Waals surface area contributed by atoms with Crippen molar-refractivity contribution in [3.63, 3.8) is 0 Å². The second-order valence-corrected chi connectivity index (χ2v) is 10.4. The van der Waals surface area contributed by atoms with Crippen LogP contribution in [-0.4, -0.2) is 42.1 Å². The molecule has 2 heterocycles. The number of nitrogens with one attached hydrogen (secondary N) is 2. The van der Waals surface area contributed by atoms with Gasteiger partial charge in [0.1, 0.15) is 0 Å². The van der Waals surface area contributed by atoms with Gasteiger partial charge in [0.05, 0.1) is 30.6 Å². The number of fused-ring (bicyclic) bond motifs is 3. The van der Waals surface area contributed by atoms with E-state index < -0.39 is 6.09 Å². The summed E-state index contributed by atoms with van der Waals surface area (Å²) in [5, 5.41) is 10.9. The van der Waals surface area contributed by atoms with E-state index in [0.717, 1.165) is 31.2 Å². The molecule has 2 N–H and O–H groups in total. The molecule has 3 atom stereocenters. The summed E-state index contributed by atoms with van der Waals surface area (Å²) in [5.41, 5.74) is 5.05. The minimum absolute atomic E-state index is 0.0184. The van der Waals surface area contributed by atoms with Gasteiger partial charge in [0.2, 0.25) is 0 Å². The van der Waals surface area contributed by atoms with Crippen LogP contribution < -0.4 is 15.5 Å². The Bertz CT molecular complexity index is 1300. The number of benzene rings is 2. The first-order valence-corrected chi connectivity index (χ1v) is 13.1. The van der Waals surface area contributed by atoms with Crippen molar-refractivity contribution >= 4 is 34.4 Å². The van der Waals surface area contributed by atoms with E-state index in [1.165, 1.54) is 67.3 Å². The lowest BCUT2D eigenvalue weighted by Gasteiger charge is -2.42. The van der Waals surface area contributed by atoms with E-state index in [0.29, 0.717) is 16.6 Å². The van der Waals surface area contributed by atoms with E-state index in [1.807, 2.05) is 0 Å². The predicted molar refractivity (Wildman–Crippen MR) is 139 cm³/mol. The number of anilines is 2. The molecule has 8 nitrogen and oxygen atoms in total. The number of hydrogen-bond donors (Lipinski definition) is 2. The van der Waals surface area contributed by atoms with Crippen LogP contribution in [0.4, 0.5) is 21.0 Å². The van der Waals surface area contributed by atoms with Crippen molar-refractivity contribution in [2.45, 2.75) is 51.0 Å². The van der Waals surface area contributed by atoms with Crippen molar-refractivity contribution in [3.05, 3.63) is 53.7 Å². The number of methoxy groups -OCH3 is 1. The average Bonchev–Trinajstić information content (AvgIpc) is 3.52. The van der Waals surface area contributed by atoms with E-state index in [4.69, 9.17) is 4.74 Å². The van der Waals surface area contributed by atoms with Gasteiger partial charge in [-0.3, -0.25) is 0 Å². The zero-order valence-corrected chi connectivity index (χ0v) is 20.7. The van der Waals surface area contributed by atoms with Crippen LogP contribution >= 0.6 is 0 Å². The first-order valence-electron chi connectivity index (χ1n) is 13.1. The standard InChI is InChI=1S/C28H33N5O3/c1-36-28(35)33-26-8-4-7-24(23(26)16-29-33)30-27(34)31-25-12-9-19-15-21(10-11-22(19)25)32-14-13-18-5-2-3-6-20(18)17-32/h4,7-8,10-11,15-16,18,20,25H,2-3,5-6,9,12-14,17H2,1H3,(H2,30,31,34)/t18-,20+,25?/m0/s1. The Morgan fingerprint density at radius 3 is 2.78 bits per heavy atom. The van der Waals surface area contributed by atoms with Gasteiger partial charge in [-0.05, 0) is 72.9 Å². The molecule has 0 bridgehead atoms. The van der Waals surface area contributed by atoms with Gasteiger partial charge in [0.15, 0.2) is 0 Å². The lowest BCUT2D eigenvalue weighted by atomic mass is 9.75. The smallest absolute Gasteiger partial charge is 0.434 e. The first kappa shape index (κ1) is 22.9. The number of piperidine rings is 1. The number of aromatic nitrogens is 2. The van der Waals surface area contributed by atoms with E-state index >= 15 is 0 Å². The van der Waals surface area contributed by atoms with Crippen molar-refractivity contribution in [3.8, 4) is 0 Å². The Morgan fingerprint density at radius 1 is 1.06 bits per heavy atom. The molecular weight excluding hydrogens is 454 g/mol. The van der Waals surface area contributed by atoms with Gasteiger partial charge in [-0.15, -0.1) is 0 Å². The molecule has 1 saturated carbocycles. The Kier molecular flexibility index (Phi) is 6.03. The molecule has 1 unspecified atom stereocenters. The Labute approximate surface area is 211 Å². The first-order chi connectivity index (χ1) is 17.6. The number of ether oxygens (including phenoxy) is 1. The molecule has 2 amide bonds. The number of amides is 2. The van der Waals surface area contributed by atoms with Gasteiger partial charge in [0, 0.05) is 24.2 Å². The number of rotatable bonds is 3. The molecule has 1 aliphatic heterocycles. The van der Waals surface area contributed by atoms with Crippen LogP contribution in [0.5, 0.6) is 0 Å². The van der Waals surface area contributed by atoms with Gasteiger partial charge in [-0.25, -0.2) is 9.59 Å². The zero-order valence-electron chi connectivity index (χ0n) is 20.7. The Hall–Kier alpha value is -3.55. The fraction of sp³-hybridized carbons (Fsp3) is 0.464. The van der Waals surface area contributed by atoms with Crippen LogP contribution in [0, 0.1) is 11.8 Å². The van der Waals surface area contributed by atoms with Crippen molar-refractivity contribution < 1.29 is 14.3 Å². The molecule has 2 aromatic carbocycles. The number of hydrogen-bond acceptors (Lipinski definition) is 5. The molecule has 1 saturated heterocycles. The van der Waals surface area contributed by atoms with E-state index in [1.54, 1.807) is 24.4 Å². The molecule has 3 aromatic rings. The Morgan fingerprint density at radius 2 is 1.92 bits per heavy atom. The third kappa shape index (κ3) is 4.18. The summed E-state index contributed by atoms with van der Waals surface area (Å²) in [5.74, 6) is 1.78. The molecule has 0 radical (unpaired) electrons. The number of carbonyl (C=O) groups excluding carboxylic acids is 2. The minimum Gasteiger partial charge on any atom is -0.451 e. The summed E-state index contributed by atoms with van der Waals surface area (Å²) in [7, 11) is 1.31. The van der Waals surface area contributed by atoms with Crippen LogP contribution in [0.15, 0.2) is 42.6 Å². The normalized spacial score (nSPS) is 23.1. The molecule has 2 fully saturated rings. The summed E-state index contributed by atoms with van der Waals surface area (Å²) in [4.78, 5) is 27.4. The average molecular weight is 488 g/mol. The van der Waals surface area contributed by atoms with Crippen LogP contribution in [0.3, 0.4) is 0 Å². The second-order valence-electron chi connectivity index (χ2n) is 10.4. The van der Waals surface area contributed by atoms with Gasteiger partial charge in [-0.1, -0.05) is 31.4 Å². The topological polar surface area (TPSA) is 88.5 Å². The molecule has 36 heavy (non-hydrogen) atoms. The van der Waals surface area contributed by atoms with Crippen LogP contribution in [0.2, 0.25) is 0 Å². The largest absolute Gasteiger partial charge is 0.451 e. The number of nitrogens with zero attached hydrogens (tertiary/aromatic N) is 3. The zero-order chi connectivity index (χ0) is 24.6. The highest BCUT2D eigenvalue weighted by Crippen LogP contribution is 2.39. The van der Waals surface area contributed by atoms with Crippen molar-refractivity contribution in [2.75, 3.05) is 30.4 Å². The van der Waals surface area contributed by atoms with Gasteiger partial charge >= 0.3 is 12.1 Å². The fourth-order valence-corrected chi connectivity index (χ4v) is 6.49. The molecule has 3 aliphatic rings. The quantitative estimate of drug-likeness (QED) is 0.511.